The number of hydrogen-bond donors (Lipinski definition) is 0. The molecule has 0 aromatic rings. The average molecular weight is 322 g/mol. The highest BCUT2D eigenvalue weighted by atomic mass is 16.1. The minimum Gasteiger partial charge on any atom is -0.291 e. The van der Waals surface area contributed by atoms with Crippen molar-refractivity contribution >= 4 is 6.29 Å². The maximum atomic E-state index is 10.8. The SMILES string of the molecule is CCCCCCCC/C=C\CCCCCCC([C]=O)CCCC. The molecule has 0 aromatic heterocycles. The number of hydrogen-bond acceptors (Lipinski definition) is 1. The Morgan fingerprint density at radius 3 is 1.70 bits per heavy atom. The largest absolute Gasteiger partial charge is 0.291 e. The summed E-state index contributed by atoms with van der Waals surface area (Å²) in [7, 11) is 0. The van der Waals surface area contributed by atoms with Crippen molar-refractivity contribution in [1.29, 1.82) is 0 Å². The molecular weight excluding hydrogens is 280 g/mol. The molecule has 0 spiro atoms. The number of allylic oxidation sites excluding steroid dienone is 2. The second-order valence-electron chi connectivity index (χ2n) is 6.98. The number of rotatable bonds is 18. The molecule has 135 valence electrons. The summed E-state index contributed by atoms with van der Waals surface area (Å²) in [5.41, 5.74) is 0. The molecule has 1 atom stereocenters. The predicted octanol–water partition coefficient (Wildman–Crippen LogP) is 7.55. The summed E-state index contributed by atoms with van der Waals surface area (Å²) < 4.78 is 0. The van der Waals surface area contributed by atoms with Crippen LogP contribution in [0.15, 0.2) is 12.2 Å². The summed E-state index contributed by atoms with van der Waals surface area (Å²) in [4.78, 5) is 10.8. The van der Waals surface area contributed by atoms with E-state index in [9.17, 15) is 4.79 Å². The maximum absolute atomic E-state index is 10.8. The highest BCUT2D eigenvalue weighted by Crippen LogP contribution is 2.15. The van der Waals surface area contributed by atoms with Crippen molar-refractivity contribution in [2.75, 3.05) is 0 Å². The van der Waals surface area contributed by atoms with E-state index in [1.54, 1.807) is 0 Å². The Bertz CT molecular complexity index is 257. The summed E-state index contributed by atoms with van der Waals surface area (Å²) >= 11 is 0. The second-order valence-corrected chi connectivity index (χ2v) is 6.98. The Morgan fingerprint density at radius 1 is 0.652 bits per heavy atom. The maximum Gasteiger partial charge on any atom is 0.201 e. The van der Waals surface area contributed by atoms with Gasteiger partial charge in [0.15, 0.2) is 0 Å². The first-order valence-corrected chi connectivity index (χ1v) is 10.4. The van der Waals surface area contributed by atoms with Gasteiger partial charge in [0.2, 0.25) is 6.29 Å². The third-order valence-electron chi connectivity index (χ3n) is 4.64. The lowest BCUT2D eigenvalue weighted by molar-refractivity contribution is 0.461. The van der Waals surface area contributed by atoms with Gasteiger partial charge in [-0.3, -0.25) is 4.79 Å². The van der Waals surface area contributed by atoms with Crippen molar-refractivity contribution in [1.82, 2.24) is 0 Å². The Balaban J connectivity index is 3.25. The van der Waals surface area contributed by atoms with E-state index < -0.39 is 0 Å². The van der Waals surface area contributed by atoms with Gasteiger partial charge in [-0.1, -0.05) is 90.2 Å². The lowest BCUT2D eigenvalue weighted by Gasteiger charge is -2.07. The lowest BCUT2D eigenvalue weighted by Crippen LogP contribution is -2.01. The molecule has 0 fully saturated rings. The van der Waals surface area contributed by atoms with E-state index in [-0.39, 0.29) is 5.92 Å². The van der Waals surface area contributed by atoms with E-state index in [2.05, 4.69) is 32.3 Å². The molecule has 1 heteroatoms. The highest BCUT2D eigenvalue weighted by Gasteiger charge is 2.06. The van der Waals surface area contributed by atoms with Crippen LogP contribution in [0.1, 0.15) is 117 Å². The molecule has 0 aromatic carbocycles. The van der Waals surface area contributed by atoms with Crippen molar-refractivity contribution in [3.63, 3.8) is 0 Å². The molecule has 0 rings (SSSR count). The van der Waals surface area contributed by atoms with Gasteiger partial charge >= 0.3 is 0 Å². The monoisotopic (exact) mass is 321 g/mol. The van der Waals surface area contributed by atoms with Crippen LogP contribution in [-0.2, 0) is 4.79 Å². The fourth-order valence-corrected chi connectivity index (χ4v) is 3.00. The van der Waals surface area contributed by atoms with Gasteiger partial charge in [0, 0.05) is 5.92 Å². The molecule has 0 saturated heterocycles. The van der Waals surface area contributed by atoms with Crippen LogP contribution in [0.3, 0.4) is 0 Å². The van der Waals surface area contributed by atoms with Crippen LogP contribution in [0.4, 0.5) is 0 Å². The minimum atomic E-state index is 0.201. The van der Waals surface area contributed by atoms with Gasteiger partial charge in [-0.15, -0.1) is 0 Å². The molecule has 0 saturated carbocycles. The van der Waals surface area contributed by atoms with Crippen LogP contribution in [-0.4, -0.2) is 6.29 Å². The first-order valence-electron chi connectivity index (χ1n) is 10.4. The third-order valence-corrected chi connectivity index (χ3v) is 4.64. The van der Waals surface area contributed by atoms with E-state index in [1.807, 2.05) is 0 Å². The van der Waals surface area contributed by atoms with Gasteiger partial charge in [-0.2, -0.15) is 0 Å². The molecule has 0 aliphatic heterocycles. The van der Waals surface area contributed by atoms with Gasteiger partial charge in [0.25, 0.3) is 0 Å². The normalized spacial score (nSPS) is 12.8. The van der Waals surface area contributed by atoms with Crippen LogP contribution in [0, 0.1) is 5.92 Å². The van der Waals surface area contributed by atoms with E-state index >= 15 is 0 Å². The van der Waals surface area contributed by atoms with Crippen molar-refractivity contribution in [3.05, 3.63) is 12.2 Å². The van der Waals surface area contributed by atoms with E-state index in [1.165, 1.54) is 89.9 Å². The summed E-state index contributed by atoms with van der Waals surface area (Å²) in [6, 6.07) is 0. The third kappa shape index (κ3) is 17.6. The van der Waals surface area contributed by atoms with E-state index in [4.69, 9.17) is 0 Å². The summed E-state index contributed by atoms with van der Waals surface area (Å²) in [6.07, 6.45) is 27.3. The molecule has 0 aliphatic rings. The van der Waals surface area contributed by atoms with Gasteiger partial charge in [-0.25, -0.2) is 0 Å². The number of unbranched alkanes of at least 4 members (excludes halogenated alkanes) is 11. The first kappa shape index (κ1) is 22.4. The Labute approximate surface area is 146 Å². The van der Waals surface area contributed by atoms with Crippen LogP contribution in [0.25, 0.3) is 0 Å². The first-order chi connectivity index (χ1) is 11.3. The van der Waals surface area contributed by atoms with E-state index in [0.717, 1.165) is 12.8 Å². The smallest absolute Gasteiger partial charge is 0.201 e. The molecule has 0 heterocycles. The zero-order chi connectivity index (χ0) is 17.0. The topological polar surface area (TPSA) is 17.1 Å². The molecule has 23 heavy (non-hydrogen) atoms. The van der Waals surface area contributed by atoms with Gasteiger partial charge in [0.1, 0.15) is 0 Å². The Kier molecular flexibility index (Phi) is 19.0. The molecule has 0 N–H and O–H groups in total. The second kappa shape index (κ2) is 19.5. The van der Waals surface area contributed by atoms with Crippen LogP contribution in [0.2, 0.25) is 0 Å². The standard InChI is InChI=1S/C22H41O/c1-3-5-7-8-9-10-11-12-13-14-15-16-17-18-20-22(21-23)19-6-4-2/h12-13,22H,3-11,14-20H2,1-2H3/b13-12-. The minimum absolute atomic E-state index is 0.201. The molecule has 0 amide bonds. The van der Waals surface area contributed by atoms with Gasteiger partial charge < -0.3 is 0 Å². The molecule has 1 nitrogen and oxygen atoms in total. The van der Waals surface area contributed by atoms with Crippen LogP contribution in [0.5, 0.6) is 0 Å². The van der Waals surface area contributed by atoms with Gasteiger partial charge in [0.05, 0.1) is 0 Å². The molecule has 1 radical (unpaired) electrons. The molecule has 0 bridgehead atoms. The average Bonchev–Trinajstić information content (AvgIpc) is 2.57. The highest BCUT2D eigenvalue weighted by molar-refractivity contribution is 5.54. The molecule has 1 unspecified atom stereocenters. The van der Waals surface area contributed by atoms with E-state index in [0.29, 0.717) is 0 Å². The predicted molar refractivity (Wildman–Crippen MR) is 104 cm³/mol. The zero-order valence-corrected chi connectivity index (χ0v) is 16.0. The lowest BCUT2D eigenvalue weighted by atomic mass is 9.96. The number of carbonyl (C=O) groups excluding carboxylic acids is 1. The van der Waals surface area contributed by atoms with Crippen molar-refractivity contribution in [2.45, 2.75) is 117 Å². The van der Waals surface area contributed by atoms with Crippen LogP contribution >= 0.6 is 0 Å². The fourth-order valence-electron chi connectivity index (χ4n) is 3.00. The Hall–Kier alpha value is -0.590. The van der Waals surface area contributed by atoms with Crippen LogP contribution < -0.4 is 0 Å². The molecular formula is C22H41O. The quantitative estimate of drug-likeness (QED) is 0.188. The van der Waals surface area contributed by atoms with Crippen molar-refractivity contribution < 1.29 is 4.79 Å². The fraction of sp³-hybridized carbons (Fsp3) is 0.864. The molecule has 0 aliphatic carbocycles. The zero-order valence-electron chi connectivity index (χ0n) is 16.0. The summed E-state index contributed by atoms with van der Waals surface area (Å²) in [5.74, 6) is 0.201. The van der Waals surface area contributed by atoms with Gasteiger partial charge in [-0.05, 0) is 38.5 Å². The summed E-state index contributed by atoms with van der Waals surface area (Å²) in [5, 5.41) is 0. The van der Waals surface area contributed by atoms with Crippen molar-refractivity contribution in [3.8, 4) is 0 Å². The Morgan fingerprint density at radius 2 is 1.13 bits per heavy atom. The summed E-state index contributed by atoms with van der Waals surface area (Å²) in [6.45, 7) is 4.45. The van der Waals surface area contributed by atoms with Crippen molar-refractivity contribution in [2.24, 2.45) is 5.92 Å².